The Labute approximate surface area is 113 Å². The maximum absolute atomic E-state index is 11.0. The van der Waals surface area contributed by atoms with E-state index in [-0.39, 0.29) is 5.56 Å². The Hall–Kier alpha value is -1.88. The van der Waals surface area contributed by atoms with E-state index in [1.54, 1.807) is 12.3 Å². The van der Waals surface area contributed by atoms with E-state index in [2.05, 4.69) is 26.2 Å². The molecule has 2 rings (SSSR count). The van der Waals surface area contributed by atoms with Crippen LogP contribution >= 0.6 is 15.9 Å². The van der Waals surface area contributed by atoms with Gasteiger partial charge in [-0.05, 0) is 17.7 Å². The van der Waals surface area contributed by atoms with Crippen molar-refractivity contribution >= 4 is 27.6 Å². The quantitative estimate of drug-likeness (QED) is 0.911. The smallest absolute Gasteiger partial charge is 0.339 e. The van der Waals surface area contributed by atoms with Crippen LogP contribution in [0.3, 0.4) is 0 Å². The molecule has 0 amide bonds. The predicted octanol–water partition coefficient (Wildman–Crippen LogP) is 3.15. The fourth-order valence-corrected chi connectivity index (χ4v) is 1.98. The summed E-state index contributed by atoms with van der Waals surface area (Å²) in [5.41, 5.74) is 1.79. The zero-order valence-corrected chi connectivity index (χ0v) is 11.0. The average Bonchev–Trinajstić information content (AvgIpc) is 2.38. The molecule has 2 aromatic rings. The number of hydrogen-bond acceptors (Lipinski definition) is 3. The third-order valence-corrected chi connectivity index (χ3v) is 3.25. The summed E-state index contributed by atoms with van der Waals surface area (Å²) in [5, 5.41) is 12.1. The van der Waals surface area contributed by atoms with Crippen molar-refractivity contribution in [1.82, 2.24) is 4.98 Å². The molecule has 0 bridgehead atoms. The van der Waals surface area contributed by atoms with E-state index in [0.717, 1.165) is 10.0 Å². The molecule has 0 fully saturated rings. The molecule has 0 atom stereocenters. The first-order valence-corrected chi connectivity index (χ1v) is 6.12. The van der Waals surface area contributed by atoms with Crippen LogP contribution in [0.5, 0.6) is 0 Å². The van der Waals surface area contributed by atoms with E-state index < -0.39 is 5.97 Å². The van der Waals surface area contributed by atoms with Gasteiger partial charge in [0.05, 0.1) is 5.69 Å². The monoisotopic (exact) mass is 306 g/mol. The summed E-state index contributed by atoms with van der Waals surface area (Å²) < 4.78 is 0.989. The third-order valence-electron chi connectivity index (χ3n) is 2.48. The highest BCUT2D eigenvalue weighted by molar-refractivity contribution is 9.10. The van der Waals surface area contributed by atoms with Gasteiger partial charge in [-0.15, -0.1) is 0 Å². The van der Waals surface area contributed by atoms with Crippen LogP contribution in [0.4, 0.5) is 5.69 Å². The van der Waals surface area contributed by atoms with Crippen molar-refractivity contribution in [3.8, 4) is 0 Å². The highest BCUT2D eigenvalue weighted by atomic mass is 79.9. The molecular weight excluding hydrogens is 296 g/mol. The standard InChI is InChI=1S/C13H11BrN2O2/c14-11-4-2-1-3-9(11)7-16-12-5-6-15-8-10(12)13(17)18/h1-6,8H,7H2,(H,15,16)(H,17,18). The third kappa shape index (κ3) is 2.87. The van der Waals surface area contributed by atoms with Crippen LogP contribution in [-0.2, 0) is 6.54 Å². The van der Waals surface area contributed by atoms with E-state index >= 15 is 0 Å². The number of anilines is 1. The molecule has 0 aliphatic carbocycles. The molecule has 4 nitrogen and oxygen atoms in total. The maximum atomic E-state index is 11.0. The first kappa shape index (κ1) is 12.6. The fourth-order valence-electron chi connectivity index (χ4n) is 1.55. The lowest BCUT2D eigenvalue weighted by Crippen LogP contribution is -2.07. The van der Waals surface area contributed by atoms with Crippen LogP contribution in [0.25, 0.3) is 0 Å². The molecule has 0 radical (unpaired) electrons. The fraction of sp³-hybridized carbons (Fsp3) is 0.0769. The second kappa shape index (κ2) is 5.64. The van der Waals surface area contributed by atoms with Gasteiger partial charge in [-0.2, -0.15) is 0 Å². The Morgan fingerprint density at radius 1 is 1.33 bits per heavy atom. The molecule has 0 saturated heterocycles. The van der Waals surface area contributed by atoms with Gasteiger partial charge in [0.1, 0.15) is 5.56 Å². The van der Waals surface area contributed by atoms with E-state index in [4.69, 9.17) is 5.11 Å². The molecule has 0 aliphatic rings. The second-order valence-electron chi connectivity index (χ2n) is 3.67. The number of carboxylic acids is 1. The van der Waals surface area contributed by atoms with Crippen molar-refractivity contribution in [1.29, 1.82) is 0 Å². The lowest BCUT2D eigenvalue weighted by atomic mass is 10.2. The first-order valence-electron chi connectivity index (χ1n) is 5.33. The summed E-state index contributed by atoms with van der Waals surface area (Å²) in [6.07, 6.45) is 2.90. The van der Waals surface area contributed by atoms with Crippen molar-refractivity contribution in [2.75, 3.05) is 5.32 Å². The van der Waals surface area contributed by atoms with Gasteiger partial charge in [0.2, 0.25) is 0 Å². The van der Waals surface area contributed by atoms with E-state index in [9.17, 15) is 4.79 Å². The number of benzene rings is 1. The highest BCUT2D eigenvalue weighted by Crippen LogP contribution is 2.19. The number of pyridine rings is 1. The van der Waals surface area contributed by atoms with Crippen LogP contribution in [0.15, 0.2) is 47.2 Å². The van der Waals surface area contributed by atoms with Gasteiger partial charge < -0.3 is 10.4 Å². The number of halogens is 1. The summed E-state index contributed by atoms with van der Waals surface area (Å²) in [7, 11) is 0. The summed E-state index contributed by atoms with van der Waals surface area (Å²) in [5.74, 6) is -0.988. The van der Waals surface area contributed by atoms with Crippen LogP contribution in [0.2, 0.25) is 0 Å². The molecule has 0 aliphatic heterocycles. The van der Waals surface area contributed by atoms with Gasteiger partial charge in [0.15, 0.2) is 0 Å². The Kier molecular flexibility index (Phi) is 3.94. The second-order valence-corrected chi connectivity index (χ2v) is 4.53. The zero-order valence-electron chi connectivity index (χ0n) is 9.43. The summed E-state index contributed by atoms with van der Waals surface area (Å²) in [6.45, 7) is 0.547. The number of nitrogens with zero attached hydrogens (tertiary/aromatic N) is 1. The lowest BCUT2D eigenvalue weighted by molar-refractivity contribution is 0.0697. The molecule has 1 heterocycles. The molecule has 1 aromatic heterocycles. The van der Waals surface area contributed by atoms with Crippen molar-refractivity contribution < 1.29 is 9.90 Å². The van der Waals surface area contributed by atoms with Crippen molar-refractivity contribution in [2.24, 2.45) is 0 Å². The molecular formula is C13H11BrN2O2. The summed E-state index contributed by atoms with van der Waals surface area (Å²) in [6, 6.07) is 9.44. The lowest BCUT2D eigenvalue weighted by Gasteiger charge is -2.10. The minimum atomic E-state index is -0.988. The van der Waals surface area contributed by atoms with Crippen molar-refractivity contribution in [3.63, 3.8) is 0 Å². The van der Waals surface area contributed by atoms with Gasteiger partial charge in [0, 0.05) is 23.4 Å². The SMILES string of the molecule is O=C(O)c1cnccc1NCc1ccccc1Br. The summed E-state index contributed by atoms with van der Waals surface area (Å²) >= 11 is 3.45. The van der Waals surface area contributed by atoms with Crippen LogP contribution in [-0.4, -0.2) is 16.1 Å². The molecule has 0 saturated carbocycles. The molecule has 2 N–H and O–H groups in total. The van der Waals surface area contributed by atoms with E-state index in [0.29, 0.717) is 12.2 Å². The van der Waals surface area contributed by atoms with Crippen molar-refractivity contribution in [3.05, 3.63) is 58.3 Å². The topological polar surface area (TPSA) is 62.2 Å². The molecule has 92 valence electrons. The maximum Gasteiger partial charge on any atom is 0.339 e. The van der Waals surface area contributed by atoms with Gasteiger partial charge in [-0.3, -0.25) is 4.98 Å². The zero-order chi connectivity index (χ0) is 13.0. The number of aromatic carboxylic acids is 1. The predicted molar refractivity (Wildman–Crippen MR) is 72.7 cm³/mol. The van der Waals surface area contributed by atoms with Crippen molar-refractivity contribution in [2.45, 2.75) is 6.54 Å². The van der Waals surface area contributed by atoms with Gasteiger partial charge >= 0.3 is 5.97 Å². The Morgan fingerprint density at radius 3 is 2.83 bits per heavy atom. The largest absolute Gasteiger partial charge is 0.478 e. The molecule has 0 unspecified atom stereocenters. The molecule has 5 heteroatoms. The Balaban J connectivity index is 2.16. The minimum Gasteiger partial charge on any atom is -0.478 e. The number of rotatable bonds is 4. The Morgan fingerprint density at radius 2 is 2.11 bits per heavy atom. The number of aromatic nitrogens is 1. The van der Waals surface area contributed by atoms with E-state index in [1.165, 1.54) is 6.20 Å². The van der Waals surface area contributed by atoms with Gasteiger partial charge in [0.25, 0.3) is 0 Å². The normalized spacial score (nSPS) is 10.1. The number of carboxylic acid groups (broad SMARTS) is 1. The molecule has 0 spiro atoms. The van der Waals surface area contributed by atoms with Crippen LogP contribution in [0.1, 0.15) is 15.9 Å². The highest BCUT2D eigenvalue weighted by Gasteiger charge is 2.09. The minimum absolute atomic E-state index is 0.171. The van der Waals surface area contributed by atoms with Crippen LogP contribution < -0.4 is 5.32 Å². The van der Waals surface area contributed by atoms with E-state index in [1.807, 2.05) is 24.3 Å². The molecule has 18 heavy (non-hydrogen) atoms. The number of carbonyl (C=O) groups is 1. The number of nitrogens with one attached hydrogen (secondary N) is 1. The van der Waals surface area contributed by atoms with Gasteiger partial charge in [-0.1, -0.05) is 34.1 Å². The number of hydrogen-bond donors (Lipinski definition) is 2. The van der Waals surface area contributed by atoms with Crippen LogP contribution in [0, 0.1) is 0 Å². The molecule has 1 aromatic carbocycles. The Bertz CT molecular complexity index is 572. The van der Waals surface area contributed by atoms with Gasteiger partial charge in [-0.25, -0.2) is 4.79 Å². The summed E-state index contributed by atoms with van der Waals surface area (Å²) in [4.78, 5) is 14.8. The first-order chi connectivity index (χ1) is 8.68. The average molecular weight is 307 g/mol.